The molecule has 0 aliphatic carbocycles. The van der Waals surface area contributed by atoms with Crippen LogP contribution in [0.15, 0.2) is 60.7 Å². The summed E-state index contributed by atoms with van der Waals surface area (Å²) >= 11 is 6.07. The molecule has 1 N–H and O–H groups in total. The van der Waals surface area contributed by atoms with Crippen molar-refractivity contribution in [3.05, 3.63) is 93.8 Å². The van der Waals surface area contributed by atoms with Crippen molar-refractivity contribution in [2.75, 3.05) is 5.32 Å². The summed E-state index contributed by atoms with van der Waals surface area (Å²) in [5.74, 6) is 0.327. The van der Waals surface area contributed by atoms with Gasteiger partial charge in [0.05, 0.1) is 5.69 Å². The quantitative estimate of drug-likeness (QED) is 0.427. The first-order chi connectivity index (χ1) is 14.8. The molecular formula is C25H23ClN4O. The molecule has 3 aromatic carbocycles. The topological polar surface area (TPSA) is 59.8 Å². The van der Waals surface area contributed by atoms with Gasteiger partial charge >= 0.3 is 0 Å². The Morgan fingerprint density at radius 1 is 0.935 bits per heavy atom. The molecule has 156 valence electrons. The van der Waals surface area contributed by atoms with Crippen molar-refractivity contribution >= 4 is 23.2 Å². The molecule has 6 heteroatoms. The average Bonchev–Trinajstić information content (AvgIpc) is 3.17. The van der Waals surface area contributed by atoms with Crippen LogP contribution >= 0.6 is 11.6 Å². The fourth-order valence-electron chi connectivity index (χ4n) is 3.47. The Kier molecular flexibility index (Phi) is 5.61. The van der Waals surface area contributed by atoms with E-state index in [4.69, 9.17) is 11.6 Å². The van der Waals surface area contributed by atoms with Gasteiger partial charge in [-0.2, -0.15) is 0 Å². The smallest absolute Gasteiger partial charge is 0.295 e. The predicted molar refractivity (Wildman–Crippen MR) is 125 cm³/mol. The number of halogens is 1. The van der Waals surface area contributed by atoms with Gasteiger partial charge in [-0.25, -0.2) is 9.67 Å². The van der Waals surface area contributed by atoms with Crippen molar-refractivity contribution in [3.8, 4) is 17.1 Å². The van der Waals surface area contributed by atoms with E-state index in [-0.39, 0.29) is 11.7 Å². The molecule has 0 spiro atoms. The molecule has 1 heterocycles. The lowest BCUT2D eigenvalue weighted by Gasteiger charge is -2.10. The predicted octanol–water partition coefficient (Wildman–Crippen LogP) is 6.07. The van der Waals surface area contributed by atoms with Gasteiger partial charge in [-0.15, -0.1) is 5.10 Å². The summed E-state index contributed by atoms with van der Waals surface area (Å²) in [6.45, 7) is 8.05. The van der Waals surface area contributed by atoms with Crippen LogP contribution in [-0.2, 0) is 0 Å². The van der Waals surface area contributed by atoms with E-state index in [2.05, 4.69) is 21.5 Å². The van der Waals surface area contributed by atoms with Crippen molar-refractivity contribution in [1.82, 2.24) is 14.8 Å². The minimum absolute atomic E-state index is 0.103. The molecule has 0 unspecified atom stereocenters. The monoisotopic (exact) mass is 430 g/mol. The SMILES string of the molecule is Cc1ccc(-n2nc(C(=O)Nc3cccc(C)c3C)nc2-c2ccc(Cl)cc2)c(C)c1. The number of anilines is 1. The van der Waals surface area contributed by atoms with Crippen LogP contribution in [0.1, 0.15) is 32.9 Å². The normalized spacial score (nSPS) is 10.9. The molecule has 31 heavy (non-hydrogen) atoms. The summed E-state index contributed by atoms with van der Waals surface area (Å²) < 4.78 is 1.72. The fraction of sp³-hybridized carbons (Fsp3) is 0.160. The van der Waals surface area contributed by atoms with Crippen LogP contribution in [0.25, 0.3) is 17.1 Å². The van der Waals surface area contributed by atoms with Crippen molar-refractivity contribution < 1.29 is 4.79 Å². The van der Waals surface area contributed by atoms with Crippen molar-refractivity contribution in [2.24, 2.45) is 0 Å². The summed E-state index contributed by atoms with van der Waals surface area (Å²) in [5.41, 5.74) is 6.76. The Morgan fingerprint density at radius 3 is 2.39 bits per heavy atom. The highest BCUT2D eigenvalue weighted by atomic mass is 35.5. The molecule has 0 atom stereocenters. The first-order valence-electron chi connectivity index (χ1n) is 10.0. The van der Waals surface area contributed by atoms with Crippen molar-refractivity contribution in [3.63, 3.8) is 0 Å². The molecule has 0 aliphatic rings. The number of hydrogen-bond donors (Lipinski definition) is 1. The third-order valence-corrected chi connectivity index (χ3v) is 5.60. The van der Waals surface area contributed by atoms with Crippen LogP contribution in [0.2, 0.25) is 5.02 Å². The summed E-state index contributed by atoms with van der Waals surface area (Å²) in [6.07, 6.45) is 0. The van der Waals surface area contributed by atoms with Gasteiger partial charge in [0.25, 0.3) is 5.91 Å². The van der Waals surface area contributed by atoms with E-state index in [1.165, 1.54) is 0 Å². The maximum absolute atomic E-state index is 13.0. The van der Waals surface area contributed by atoms with Crippen molar-refractivity contribution in [1.29, 1.82) is 0 Å². The molecule has 0 fully saturated rings. The Morgan fingerprint density at radius 2 is 1.68 bits per heavy atom. The molecule has 0 saturated carbocycles. The molecule has 5 nitrogen and oxygen atoms in total. The molecule has 0 bridgehead atoms. The third kappa shape index (κ3) is 4.23. The lowest BCUT2D eigenvalue weighted by molar-refractivity contribution is 0.101. The number of carbonyl (C=O) groups excluding carboxylic acids is 1. The number of aryl methyl sites for hydroxylation is 3. The van der Waals surface area contributed by atoms with Crippen LogP contribution in [-0.4, -0.2) is 20.7 Å². The first-order valence-corrected chi connectivity index (χ1v) is 10.4. The number of amides is 1. The van der Waals surface area contributed by atoms with Crippen LogP contribution < -0.4 is 5.32 Å². The third-order valence-electron chi connectivity index (χ3n) is 5.35. The van der Waals surface area contributed by atoms with Gasteiger partial charge in [0.1, 0.15) is 0 Å². The number of carbonyl (C=O) groups is 1. The number of nitrogens with one attached hydrogen (secondary N) is 1. The van der Waals surface area contributed by atoms with Crippen LogP contribution in [0, 0.1) is 27.7 Å². The van der Waals surface area contributed by atoms with E-state index in [9.17, 15) is 4.79 Å². The highest BCUT2D eigenvalue weighted by Crippen LogP contribution is 2.26. The lowest BCUT2D eigenvalue weighted by Crippen LogP contribution is -2.15. The molecule has 1 aromatic heterocycles. The molecule has 0 radical (unpaired) electrons. The van der Waals surface area contributed by atoms with E-state index in [1.807, 2.05) is 70.2 Å². The largest absolute Gasteiger partial charge is 0.319 e. The summed E-state index contributed by atoms with van der Waals surface area (Å²) in [4.78, 5) is 17.6. The van der Waals surface area contributed by atoms with Crippen LogP contribution in [0.4, 0.5) is 5.69 Å². The Labute approximate surface area is 186 Å². The second-order valence-corrected chi connectivity index (χ2v) is 8.11. The number of nitrogens with zero attached hydrogens (tertiary/aromatic N) is 3. The minimum Gasteiger partial charge on any atom is -0.319 e. The summed E-state index contributed by atoms with van der Waals surface area (Å²) in [6, 6.07) is 19.2. The summed E-state index contributed by atoms with van der Waals surface area (Å²) in [7, 11) is 0. The van der Waals surface area contributed by atoms with Crippen LogP contribution in [0.3, 0.4) is 0 Å². The number of benzene rings is 3. The number of hydrogen-bond acceptors (Lipinski definition) is 3. The van der Waals surface area contributed by atoms with Gasteiger partial charge in [0.2, 0.25) is 5.82 Å². The van der Waals surface area contributed by atoms with Gasteiger partial charge < -0.3 is 5.32 Å². The second-order valence-electron chi connectivity index (χ2n) is 7.67. The van der Waals surface area contributed by atoms with Gasteiger partial charge in [0, 0.05) is 16.3 Å². The van der Waals surface area contributed by atoms with E-state index >= 15 is 0 Å². The molecule has 0 saturated heterocycles. The van der Waals surface area contributed by atoms with Gasteiger partial charge in [-0.1, -0.05) is 41.4 Å². The fourth-order valence-corrected chi connectivity index (χ4v) is 3.60. The van der Waals surface area contributed by atoms with E-state index in [1.54, 1.807) is 16.8 Å². The highest BCUT2D eigenvalue weighted by molar-refractivity contribution is 6.30. The minimum atomic E-state index is -0.354. The Hall–Kier alpha value is -3.44. The van der Waals surface area contributed by atoms with Gasteiger partial charge in [-0.3, -0.25) is 4.79 Å². The number of aromatic nitrogens is 3. The van der Waals surface area contributed by atoms with E-state index in [0.717, 1.165) is 39.2 Å². The van der Waals surface area contributed by atoms with Crippen LogP contribution in [0.5, 0.6) is 0 Å². The Bertz CT molecular complexity index is 1280. The van der Waals surface area contributed by atoms with Gasteiger partial charge in [0.15, 0.2) is 5.82 Å². The molecule has 4 aromatic rings. The molecule has 4 rings (SSSR count). The first kappa shape index (κ1) is 20.8. The standard InChI is InChI=1S/C25H23ClN4O/c1-15-8-13-22(17(3)14-15)30-24(19-9-11-20(26)12-10-19)28-23(29-30)25(31)27-21-7-5-6-16(2)18(21)4/h5-14H,1-4H3,(H,27,31). The average molecular weight is 431 g/mol. The Balaban J connectivity index is 1.80. The summed E-state index contributed by atoms with van der Waals surface area (Å²) in [5, 5.41) is 8.16. The second kappa shape index (κ2) is 8.36. The zero-order valence-electron chi connectivity index (χ0n) is 17.9. The zero-order valence-corrected chi connectivity index (χ0v) is 18.7. The highest BCUT2D eigenvalue weighted by Gasteiger charge is 2.20. The molecular weight excluding hydrogens is 408 g/mol. The number of rotatable bonds is 4. The van der Waals surface area contributed by atoms with E-state index < -0.39 is 0 Å². The molecule has 0 aliphatic heterocycles. The zero-order chi connectivity index (χ0) is 22.1. The van der Waals surface area contributed by atoms with Gasteiger partial charge in [-0.05, 0) is 80.8 Å². The molecule has 1 amide bonds. The maximum Gasteiger partial charge on any atom is 0.295 e. The lowest BCUT2D eigenvalue weighted by atomic mass is 10.1. The van der Waals surface area contributed by atoms with E-state index in [0.29, 0.717) is 10.8 Å². The maximum atomic E-state index is 13.0. The van der Waals surface area contributed by atoms with Crippen molar-refractivity contribution in [2.45, 2.75) is 27.7 Å².